The van der Waals surface area contributed by atoms with Crippen LogP contribution in [-0.4, -0.2) is 39.2 Å². The minimum absolute atomic E-state index is 0.663. The Morgan fingerprint density at radius 1 is 1.43 bits per heavy atom. The van der Waals surface area contributed by atoms with E-state index in [4.69, 9.17) is 4.74 Å². The van der Waals surface area contributed by atoms with Crippen molar-refractivity contribution in [1.82, 2.24) is 25.3 Å². The molecule has 114 valence electrons. The Labute approximate surface area is 128 Å². The van der Waals surface area contributed by atoms with Crippen molar-refractivity contribution in [3.8, 4) is 0 Å². The summed E-state index contributed by atoms with van der Waals surface area (Å²) in [6, 6.07) is 0.702. The number of hydrogen-bond acceptors (Lipinski definition) is 6. The fraction of sp³-hybridized carbons (Fsp3) is 0.643. The van der Waals surface area contributed by atoms with Crippen LogP contribution in [0.3, 0.4) is 0 Å². The van der Waals surface area contributed by atoms with Crippen molar-refractivity contribution in [3.05, 3.63) is 28.0 Å². The normalized spacial score (nSPS) is 14.7. The smallest absolute Gasteiger partial charge is 0.0964 e. The lowest BCUT2D eigenvalue weighted by molar-refractivity contribution is 0.126. The number of aryl methyl sites for hydroxylation is 1. The molecule has 0 radical (unpaired) electrons. The van der Waals surface area contributed by atoms with E-state index in [1.165, 1.54) is 17.7 Å². The van der Waals surface area contributed by atoms with Gasteiger partial charge in [0.05, 0.1) is 36.7 Å². The molecule has 0 spiro atoms. The van der Waals surface area contributed by atoms with Crippen LogP contribution in [0.5, 0.6) is 0 Å². The van der Waals surface area contributed by atoms with E-state index >= 15 is 0 Å². The summed E-state index contributed by atoms with van der Waals surface area (Å²) in [5.74, 6) is 0. The largest absolute Gasteiger partial charge is 0.379 e. The van der Waals surface area contributed by atoms with Gasteiger partial charge in [-0.1, -0.05) is 5.21 Å². The SMILES string of the molecule is Cc1ncsc1CCOCCn1cc(CNC2CC2)nn1. The fourth-order valence-electron chi connectivity index (χ4n) is 2.06. The predicted octanol–water partition coefficient (Wildman–Crippen LogP) is 1.55. The van der Waals surface area contributed by atoms with Gasteiger partial charge in [0.1, 0.15) is 0 Å². The number of rotatable bonds is 9. The first-order chi connectivity index (χ1) is 10.3. The number of ether oxygens (including phenoxy) is 1. The first-order valence-corrected chi connectivity index (χ1v) is 8.28. The van der Waals surface area contributed by atoms with Crippen molar-refractivity contribution in [2.75, 3.05) is 13.2 Å². The van der Waals surface area contributed by atoms with E-state index in [1.54, 1.807) is 11.3 Å². The van der Waals surface area contributed by atoms with Crippen molar-refractivity contribution in [1.29, 1.82) is 0 Å². The minimum Gasteiger partial charge on any atom is -0.379 e. The van der Waals surface area contributed by atoms with Crippen LogP contribution >= 0.6 is 11.3 Å². The average molecular weight is 307 g/mol. The Hall–Kier alpha value is -1.31. The molecule has 1 fully saturated rings. The van der Waals surface area contributed by atoms with Crippen molar-refractivity contribution in [2.45, 2.75) is 45.3 Å². The fourth-order valence-corrected chi connectivity index (χ4v) is 2.82. The summed E-state index contributed by atoms with van der Waals surface area (Å²) in [6.45, 7) is 5.00. The molecule has 1 aliphatic rings. The molecule has 7 heteroatoms. The second-order valence-electron chi connectivity index (χ2n) is 5.35. The summed E-state index contributed by atoms with van der Waals surface area (Å²) < 4.78 is 7.51. The topological polar surface area (TPSA) is 64.9 Å². The van der Waals surface area contributed by atoms with E-state index in [1.807, 2.05) is 23.3 Å². The molecule has 3 rings (SSSR count). The number of aromatic nitrogens is 4. The Bertz CT molecular complexity index is 563. The van der Waals surface area contributed by atoms with Crippen LogP contribution < -0.4 is 5.32 Å². The van der Waals surface area contributed by atoms with E-state index in [-0.39, 0.29) is 0 Å². The van der Waals surface area contributed by atoms with Gasteiger partial charge in [0.2, 0.25) is 0 Å². The van der Waals surface area contributed by atoms with Crippen molar-refractivity contribution < 1.29 is 4.74 Å². The molecular weight excluding hydrogens is 286 g/mol. The average Bonchev–Trinajstić information content (AvgIpc) is 3.06. The molecule has 1 saturated carbocycles. The predicted molar refractivity (Wildman–Crippen MR) is 81.3 cm³/mol. The molecule has 0 aliphatic heterocycles. The van der Waals surface area contributed by atoms with Crippen LogP contribution in [-0.2, 0) is 24.2 Å². The molecule has 1 aliphatic carbocycles. The first-order valence-electron chi connectivity index (χ1n) is 7.40. The van der Waals surface area contributed by atoms with Crippen LogP contribution in [0.1, 0.15) is 29.1 Å². The molecule has 0 amide bonds. The molecule has 2 aromatic rings. The lowest BCUT2D eigenvalue weighted by Gasteiger charge is -2.03. The molecule has 0 aromatic carbocycles. The van der Waals surface area contributed by atoms with Crippen LogP contribution in [0.2, 0.25) is 0 Å². The molecule has 6 nitrogen and oxygen atoms in total. The summed E-state index contributed by atoms with van der Waals surface area (Å²) in [5, 5.41) is 11.7. The summed E-state index contributed by atoms with van der Waals surface area (Å²) in [7, 11) is 0. The third kappa shape index (κ3) is 4.59. The molecule has 0 unspecified atom stereocenters. The van der Waals surface area contributed by atoms with Crippen LogP contribution in [0.25, 0.3) is 0 Å². The maximum atomic E-state index is 5.66. The number of nitrogens with zero attached hydrogens (tertiary/aromatic N) is 4. The number of thiazole rings is 1. The number of nitrogens with one attached hydrogen (secondary N) is 1. The van der Waals surface area contributed by atoms with E-state index in [9.17, 15) is 0 Å². The van der Waals surface area contributed by atoms with Gasteiger partial charge in [0.15, 0.2) is 0 Å². The van der Waals surface area contributed by atoms with Gasteiger partial charge in [0.25, 0.3) is 0 Å². The van der Waals surface area contributed by atoms with Crippen LogP contribution in [0.15, 0.2) is 11.7 Å². The maximum Gasteiger partial charge on any atom is 0.0964 e. The van der Waals surface area contributed by atoms with E-state index in [0.29, 0.717) is 12.6 Å². The molecule has 2 aromatic heterocycles. The highest BCUT2D eigenvalue weighted by Crippen LogP contribution is 2.18. The molecule has 2 heterocycles. The molecule has 0 saturated heterocycles. The second-order valence-corrected chi connectivity index (χ2v) is 6.29. The third-order valence-electron chi connectivity index (χ3n) is 3.52. The van der Waals surface area contributed by atoms with E-state index < -0.39 is 0 Å². The monoisotopic (exact) mass is 307 g/mol. The molecular formula is C14H21N5OS. The van der Waals surface area contributed by atoms with Crippen LogP contribution in [0, 0.1) is 6.92 Å². The highest BCUT2D eigenvalue weighted by Gasteiger charge is 2.20. The Morgan fingerprint density at radius 3 is 3.10 bits per heavy atom. The quantitative estimate of drug-likeness (QED) is 0.712. The van der Waals surface area contributed by atoms with Gasteiger partial charge in [-0.2, -0.15) is 0 Å². The van der Waals surface area contributed by atoms with Gasteiger partial charge in [-0.3, -0.25) is 0 Å². The lowest BCUT2D eigenvalue weighted by atomic mass is 10.3. The van der Waals surface area contributed by atoms with E-state index in [2.05, 4.69) is 20.6 Å². The Kier molecular flexibility index (Phi) is 4.95. The van der Waals surface area contributed by atoms with Gasteiger partial charge in [-0.25, -0.2) is 9.67 Å². The first kappa shape index (κ1) is 14.6. The van der Waals surface area contributed by atoms with Gasteiger partial charge in [0, 0.05) is 30.1 Å². The zero-order valence-corrected chi connectivity index (χ0v) is 13.1. The van der Waals surface area contributed by atoms with Gasteiger partial charge in [-0.05, 0) is 19.8 Å². The summed E-state index contributed by atoms with van der Waals surface area (Å²) in [5.41, 5.74) is 4.01. The zero-order valence-electron chi connectivity index (χ0n) is 12.3. The standard InChI is InChI=1S/C14H21N5OS/c1-11-14(21-10-16-11)4-6-20-7-5-19-9-13(17-18-19)8-15-12-2-3-12/h9-10,12,15H,2-8H2,1H3. The number of hydrogen-bond donors (Lipinski definition) is 1. The summed E-state index contributed by atoms with van der Waals surface area (Å²) in [6.07, 6.45) is 5.51. The molecule has 21 heavy (non-hydrogen) atoms. The highest BCUT2D eigenvalue weighted by atomic mass is 32.1. The molecule has 0 bridgehead atoms. The molecule has 0 atom stereocenters. The second kappa shape index (κ2) is 7.11. The van der Waals surface area contributed by atoms with Crippen LogP contribution in [0.4, 0.5) is 0 Å². The highest BCUT2D eigenvalue weighted by molar-refractivity contribution is 7.09. The minimum atomic E-state index is 0.663. The zero-order chi connectivity index (χ0) is 14.5. The van der Waals surface area contributed by atoms with Crippen molar-refractivity contribution in [2.24, 2.45) is 0 Å². The lowest BCUT2D eigenvalue weighted by Crippen LogP contribution is -2.15. The Morgan fingerprint density at radius 2 is 2.33 bits per heavy atom. The summed E-state index contributed by atoms with van der Waals surface area (Å²) >= 11 is 1.69. The van der Waals surface area contributed by atoms with Crippen molar-refractivity contribution in [3.63, 3.8) is 0 Å². The maximum absolute atomic E-state index is 5.66. The van der Waals surface area contributed by atoms with Gasteiger partial charge >= 0.3 is 0 Å². The van der Waals surface area contributed by atoms with Crippen molar-refractivity contribution >= 4 is 11.3 Å². The van der Waals surface area contributed by atoms with Gasteiger partial charge in [-0.15, -0.1) is 16.4 Å². The Balaban J connectivity index is 1.30. The third-order valence-corrected chi connectivity index (χ3v) is 4.51. The van der Waals surface area contributed by atoms with E-state index in [0.717, 1.165) is 37.5 Å². The molecule has 1 N–H and O–H groups in total. The summed E-state index contributed by atoms with van der Waals surface area (Å²) in [4.78, 5) is 5.54. The van der Waals surface area contributed by atoms with Gasteiger partial charge < -0.3 is 10.1 Å².